The van der Waals surface area contributed by atoms with Gasteiger partial charge in [-0.15, -0.1) is 0 Å². The number of nitrogens with zero attached hydrogens (tertiary/aromatic N) is 2. The Morgan fingerprint density at radius 3 is 2.22 bits per heavy atom. The van der Waals surface area contributed by atoms with Crippen LogP contribution in [0, 0.1) is 6.92 Å². The number of aryl methyl sites for hydroxylation is 1. The zero-order valence-corrected chi connectivity index (χ0v) is 15.1. The number of rotatable bonds is 7. The molecule has 1 rings (SSSR count). The Balaban J connectivity index is 3.04. The molecular formula is C18H29N3O2. The van der Waals surface area contributed by atoms with Crippen LogP contribution in [0.5, 0.6) is 0 Å². The molecule has 0 aliphatic carbocycles. The first-order valence-electron chi connectivity index (χ1n) is 8.23. The van der Waals surface area contributed by atoms with Crippen LogP contribution in [0.25, 0.3) is 0 Å². The van der Waals surface area contributed by atoms with Crippen molar-refractivity contribution < 1.29 is 9.59 Å². The largest absolute Gasteiger partial charge is 0.372 e. The number of nitrogens with one attached hydrogen (secondary N) is 1. The molecule has 0 fully saturated rings. The van der Waals surface area contributed by atoms with E-state index in [1.165, 1.54) is 11.8 Å². The number of anilines is 2. The summed E-state index contributed by atoms with van der Waals surface area (Å²) in [5.74, 6) is -0.287. The van der Waals surface area contributed by atoms with Crippen molar-refractivity contribution >= 4 is 23.2 Å². The van der Waals surface area contributed by atoms with Gasteiger partial charge in [0, 0.05) is 37.4 Å². The lowest BCUT2D eigenvalue weighted by atomic mass is 10.1. The van der Waals surface area contributed by atoms with E-state index >= 15 is 0 Å². The third-order valence-electron chi connectivity index (χ3n) is 3.73. The smallest absolute Gasteiger partial charge is 0.240 e. The molecule has 5 heteroatoms. The summed E-state index contributed by atoms with van der Waals surface area (Å²) in [6.07, 6.45) is 0. The van der Waals surface area contributed by atoms with Gasteiger partial charge in [-0.25, -0.2) is 0 Å². The minimum absolute atomic E-state index is 0.0406. The van der Waals surface area contributed by atoms with Gasteiger partial charge in [0.15, 0.2) is 0 Å². The second-order valence-corrected chi connectivity index (χ2v) is 5.97. The Bertz CT molecular complexity index is 551. The fraction of sp³-hybridized carbons (Fsp3) is 0.556. The highest BCUT2D eigenvalue weighted by atomic mass is 16.2. The second kappa shape index (κ2) is 8.56. The van der Waals surface area contributed by atoms with Crippen LogP contribution >= 0.6 is 0 Å². The number of benzene rings is 1. The lowest BCUT2D eigenvalue weighted by Crippen LogP contribution is -2.42. The van der Waals surface area contributed by atoms with Gasteiger partial charge in [-0.2, -0.15) is 0 Å². The molecule has 0 heterocycles. The summed E-state index contributed by atoms with van der Waals surface area (Å²) in [5.41, 5.74) is 2.90. The Kier molecular flexibility index (Phi) is 7.07. The zero-order chi connectivity index (χ0) is 17.6. The van der Waals surface area contributed by atoms with Crippen LogP contribution in [-0.4, -0.2) is 37.5 Å². The SMILES string of the molecule is CCN(CC)c1ccc(N(CC(=O)NC(C)C)C(C)=O)c(C)c1. The van der Waals surface area contributed by atoms with E-state index in [0.29, 0.717) is 0 Å². The Labute approximate surface area is 139 Å². The maximum atomic E-state index is 12.0. The van der Waals surface area contributed by atoms with E-state index in [-0.39, 0.29) is 24.4 Å². The highest BCUT2D eigenvalue weighted by Gasteiger charge is 2.18. The molecule has 0 saturated carbocycles. The van der Waals surface area contributed by atoms with E-state index < -0.39 is 0 Å². The Hall–Kier alpha value is -2.04. The molecule has 0 unspecified atom stereocenters. The molecular weight excluding hydrogens is 290 g/mol. The normalized spacial score (nSPS) is 10.6. The summed E-state index contributed by atoms with van der Waals surface area (Å²) in [5, 5.41) is 2.82. The van der Waals surface area contributed by atoms with Gasteiger partial charge in [0.25, 0.3) is 0 Å². The zero-order valence-electron chi connectivity index (χ0n) is 15.1. The number of carbonyl (C=O) groups excluding carboxylic acids is 2. The first-order chi connectivity index (χ1) is 10.8. The van der Waals surface area contributed by atoms with Crippen molar-refractivity contribution in [1.29, 1.82) is 0 Å². The lowest BCUT2D eigenvalue weighted by Gasteiger charge is -2.26. The van der Waals surface area contributed by atoms with Gasteiger partial charge in [0.2, 0.25) is 11.8 Å². The molecule has 0 aliphatic heterocycles. The first kappa shape index (κ1) is 19.0. The van der Waals surface area contributed by atoms with Crippen molar-refractivity contribution in [3.63, 3.8) is 0 Å². The van der Waals surface area contributed by atoms with Crippen LogP contribution in [0.4, 0.5) is 11.4 Å². The third-order valence-corrected chi connectivity index (χ3v) is 3.73. The molecule has 5 nitrogen and oxygen atoms in total. The number of hydrogen-bond acceptors (Lipinski definition) is 3. The minimum atomic E-state index is -0.151. The van der Waals surface area contributed by atoms with Gasteiger partial charge in [0.1, 0.15) is 6.54 Å². The van der Waals surface area contributed by atoms with E-state index in [2.05, 4.69) is 30.1 Å². The molecule has 128 valence electrons. The summed E-state index contributed by atoms with van der Waals surface area (Å²) in [4.78, 5) is 27.8. The fourth-order valence-corrected chi connectivity index (χ4v) is 2.61. The van der Waals surface area contributed by atoms with Crippen molar-refractivity contribution in [3.05, 3.63) is 23.8 Å². The molecule has 1 aromatic carbocycles. The number of hydrogen-bond donors (Lipinski definition) is 1. The summed E-state index contributed by atoms with van der Waals surface area (Å²) in [6.45, 7) is 13.4. The first-order valence-corrected chi connectivity index (χ1v) is 8.23. The predicted molar refractivity (Wildman–Crippen MR) is 96.0 cm³/mol. The maximum absolute atomic E-state index is 12.0. The van der Waals surface area contributed by atoms with Gasteiger partial charge >= 0.3 is 0 Å². The highest BCUT2D eigenvalue weighted by molar-refractivity contribution is 5.98. The average molecular weight is 319 g/mol. The van der Waals surface area contributed by atoms with Crippen LogP contribution in [0.1, 0.15) is 40.2 Å². The molecule has 0 saturated heterocycles. The topological polar surface area (TPSA) is 52.6 Å². The molecule has 1 N–H and O–H groups in total. The van der Waals surface area contributed by atoms with E-state index in [1.807, 2.05) is 32.9 Å². The fourth-order valence-electron chi connectivity index (χ4n) is 2.61. The molecule has 0 atom stereocenters. The monoisotopic (exact) mass is 319 g/mol. The van der Waals surface area contributed by atoms with Gasteiger partial charge in [0.05, 0.1) is 0 Å². The summed E-state index contributed by atoms with van der Waals surface area (Å²) in [6, 6.07) is 6.06. The Morgan fingerprint density at radius 1 is 1.17 bits per heavy atom. The lowest BCUT2D eigenvalue weighted by molar-refractivity contribution is -0.123. The summed E-state index contributed by atoms with van der Waals surface area (Å²) < 4.78 is 0. The molecule has 23 heavy (non-hydrogen) atoms. The van der Waals surface area contributed by atoms with Crippen molar-refractivity contribution in [3.8, 4) is 0 Å². The summed E-state index contributed by atoms with van der Waals surface area (Å²) >= 11 is 0. The van der Waals surface area contributed by atoms with Crippen molar-refractivity contribution in [2.45, 2.75) is 47.6 Å². The van der Waals surface area contributed by atoms with E-state index in [9.17, 15) is 9.59 Å². The van der Waals surface area contributed by atoms with Crippen LogP contribution in [0.2, 0.25) is 0 Å². The number of amides is 2. The Morgan fingerprint density at radius 2 is 1.78 bits per heavy atom. The van der Waals surface area contributed by atoms with Crippen molar-refractivity contribution in [1.82, 2.24) is 5.32 Å². The van der Waals surface area contributed by atoms with Crippen molar-refractivity contribution in [2.75, 3.05) is 29.4 Å². The van der Waals surface area contributed by atoms with Crippen LogP contribution < -0.4 is 15.1 Å². The maximum Gasteiger partial charge on any atom is 0.240 e. The molecule has 0 aliphatic rings. The van der Waals surface area contributed by atoms with Crippen LogP contribution in [0.15, 0.2) is 18.2 Å². The van der Waals surface area contributed by atoms with E-state index in [0.717, 1.165) is 30.0 Å². The van der Waals surface area contributed by atoms with E-state index in [1.54, 1.807) is 0 Å². The van der Waals surface area contributed by atoms with Gasteiger partial charge < -0.3 is 15.1 Å². The second-order valence-electron chi connectivity index (χ2n) is 5.97. The molecule has 0 bridgehead atoms. The van der Waals surface area contributed by atoms with Gasteiger partial charge in [-0.3, -0.25) is 9.59 Å². The van der Waals surface area contributed by atoms with Crippen molar-refractivity contribution in [2.24, 2.45) is 0 Å². The predicted octanol–water partition coefficient (Wildman–Crippen LogP) is 2.72. The third kappa shape index (κ3) is 5.27. The summed E-state index contributed by atoms with van der Waals surface area (Å²) in [7, 11) is 0. The van der Waals surface area contributed by atoms with Gasteiger partial charge in [-0.05, 0) is 58.4 Å². The molecule has 2 amide bonds. The van der Waals surface area contributed by atoms with E-state index in [4.69, 9.17) is 0 Å². The highest BCUT2D eigenvalue weighted by Crippen LogP contribution is 2.26. The minimum Gasteiger partial charge on any atom is -0.372 e. The molecule has 0 radical (unpaired) electrons. The molecule has 0 spiro atoms. The quantitative estimate of drug-likeness (QED) is 0.841. The van der Waals surface area contributed by atoms with Gasteiger partial charge in [-0.1, -0.05) is 0 Å². The standard InChI is InChI=1S/C18H29N3O2/c1-7-20(8-2)16-9-10-17(14(5)11-16)21(15(6)22)12-18(23)19-13(3)4/h9-11,13H,7-8,12H2,1-6H3,(H,19,23). The molecule has 0 aromatic heterocycles. The molecule has 1 aromatic rings. The average Bonchev–Trinajstić information content (AvgIpc) is 2.45. The van der Waals surface area contributed by atoms with Crippen LogP contribution in [-0.2, 0) is 9.59 Å². The van der Waals surface area contributed by atoms with Crippen LogP contribution in [0.3, 0.4) is 0 Å². The number of carbonyl (C=O) groups is 2.